The Balaban J connectivity index is 2.10. The van der Waals surface area contributed by atoms with Gasteiger partial charge in [-0.15, -0.1) is 0 Å². The van der Waals surface area contributed by atoms with Gasteiger partial charge in [0.2, 0.25) is 0 Å². The largest absolute Gasteiger partial charge is 0.371 e. The molecule has 0 aromatic heterocycles. The molecule has 2 heteroatoms. The normalized spacial score (nSPS) is 25.1. The van der Waals surface area contributed by atoms with Crippen LogP contribution in [0.3, 0.4) is 0 Å². The van der Waals surface area contributed by atoms with Gasteiger partial charge in [0, 0.05) is 0 Å². The number of rotatable bonds is 3. The fourth-order valence-corrected chi connectivity index (χ4v) is 1.23. The lowest BCUT2D eigenvalue weighted by molar-refractivity contribution is -0.0185. The van der Waals surface area contributed by atoms with Crippen molar-refractivity contribution >= 4 is 0 Å². The molecule has 0 aliphatic heterocycles. The van der Waals surface area contributed by atoms with E-state index in [1.807, 2.05) is 0 Å². The van der Waals surface area contributed by atoms with Crippen molar-refractivity contribution < 1.29 is 9.84 Å². The molecule has 0 heterocycles. The Morgan fingerprint density at radius 3 is 3.00 bits per heavy atom. The lowest BCUT2D eigenvalue weighted by Gasteiger charge is -2.16. The Hall–Kier alpha value is -0.340. The van der Waals surface area contributed by atoms with Crippen LogP contribution in [0.1, 0.15) is 19.3 Å². The molecule has 0 aromatic carbocycles. The second-order valence-electron chi connectivity index (χ2n) is 2.65. The summed E-state index contributed by atoms with van der Waals surface area (Å²) in [5.41, 5.74) is 0. The third-order valence-electron chi connectivity index (χ3n) is 1.82. The third kappa shape index (κ3) is 2.50. The molecule has 0 fully saturated rings. The molecule has 0 radical (unpaired) electrons. The number of hydrogen-bond acceptors (Lipinski definition) is 2. The van der Waals surface area contributed by atoms with E-state index in [4.69, 9.17) is 9.84 Å². The second-order valence-corrected chi connectivity index (χ2v) is 2.65. The smallest absolute Gasteiger partial charge is 0.143 e. The summed E-state index contributed by atoms with van der Waals surface area (Å²) in [5.74, 6) is 0.636. The van der Waals surface area contributed by atoms with Crippen molar-refractivity contribution in [3.8, 4) is 0 Å². The quantitative estimate of drug-likeness (QED) is 0.475. The van der Waals surface area contributed by atoms with Gasteiger partial charge in [0.25, 0.3) is 0 Å². The van der Waals surface area contributed by atoms with E-state index in [1.165, 1.54) is 12.8 Å². The molecule has 1 atom stereocenters. The molecular weight excluding hydrogens is 128 g/mol. The SMILES string of the molecule is OCOCC1CC=CCC1. The topological polar surface area (TPSA) is 29.5 Å². The molecule has 10 heavy (non-hydrogen) atoms. The monoisotopic (exact) mass is 142 g/mol. The van der Waals surface area contributed by atoms with Crippen LogP contribution in [0.15, 0.2) is 12.2 Å². The summed E-state index contributed by atoms with van der Waals surface area (Å²) in [5, 5.41) is 8.36. The van der Waals surface area contributed by atoms with E-state index in [1.54, 1.807) is 0 Å². The molecule has 1 rings (SSSR count). The zero-order chi connectivity index (χ0) is 7.23. The van der Waals surface area contributed by atoms with Gasteiger partial charge in [0.05, 0.1) is 6.61 Å². The maximum Gasteiger partial charge on any atom is 0.143 e. The highest BCUT2D eigenvalue weighted by Crippen LogP contribution is 2.17. The summed E-state index contributed by atoms with van der Waals surface area (Å²) in [6, 6.07) is 0. The number of aliphatic hydroxyl groups is 1. The Labute approximate surface area is 61.5 Å². The maximum atomic E-state index is 8.36. The lowest BCUT2D eigenvalue weighted by Crippen LogP contribution is -2.11. The molecule has 1 aliphatic rings. The van der Waals surface area contributed by atoms with Gasteiger partial charge in [0.1, 0.15) is 6.79 Å². The molecule has 0 amide bonds. The number of ether oxygens (including phenoxy) is 1. The minimum Gasteiger partial charge on any atom is -0.371 e. The van der Waals surface area contributed by atoms with Crippen LogP contribution >= 0.6 is 0 Å². The second kappa shape index (κ2) is 4.47. The van der Waals surface area contributed by atoms with Gasteiger partial charge in [-0.25, -0.2) is 0 Å². The average molecular weight is 142 g/mol. The molecular formula is C8H14O2. The molecule has 58 valence electrons. The highest BCUT2D eigenvalue weighted by Gasteiger charge is 2.08. The van der Waals surface area contributed by atoms with Crippen molar-refractivity contribution in [1.29, 1.82) is 0 Å². The molecule has 1 aliphatic carbocycles. The van der Waals surface area contributed by atoms with Crippen molar-refractivity contribution in [2.24, 2.45) is 5.92 Å². The highest BCUT2D eigenvalue weighted by atomic mass is 16.6. The fraction of sp³-hybridized carbons (Fsp3) is 0.750. The van der Waals surface area contributed by atoms with E-state index in [2.05, 4.69) is 12.2 Å². The molecule has 0 saturated carbocycles. The summed E-state index contributed by atoms with van der Waals surface area (Å²) in [6.45, 7) is 0.570. The predicted molar refractivity (Wildman–Crippen MR) is 39.5 cm³/mol. The first-order valence-corrected chi connectivity index (χ1v) is 3.77. The van der Waals surface area contributed by atoms with E-state index < -0.39 is 0 Å². The number of allylic oxidation sites excluding steroid dienone is 2. The number of hydrogen-bond donors (Lipinski definition) is 1. The van der Waals surface area contributed by atoms with E-state index >= 15 is 0 Å². The van der Waals surface area contributed by atoms with Gasteiger partial charge in [-0.3, -0.25) is 0 Å². The van der Waals surface area contributed by atoms with Crippen LogP contribution in [0.4, 0.5) is 0 Å². The third-order valence-corrected chi connectivity index (χ3v) is 1.82. The van der Waals surface area contributed by atoms with Crippen LogP contribution in [0.5, 0.6) is 0 Å². The minimum atomic E-state index is -0.139. The Kier molecular flexibility index (Phi) is 3.47. The molecule has 1 N–H and O–H groups in total. The summed E-state index contributed by atoms with van der Waals surface area (Å²) >= 11 is 0. The van der Waals surface area contributed by atoms with Crippen LogP contribution in [0, 0.1) is 5.92 Å². The van der Waals surface area contributed by atoms with Crippen LogP contribution in [0.2, 0.25) is 0 Å². The molecule has 0 bridgehead atoms. The van der Waals surface area contributed by atoms with Crippen LogP contribution < -0.4 is 0 Å². The summed E-state index contributed by atoms with van der Waals surface area (Å²) in [7, 11) is 0. The van der Waals surface area contributed by atoms with E-state index in [-0.39, 0.29) is 6.79 Å². The van der Waals surface area contributed by atoms with Gasteiger partial charge >= 0.3 is 0 Å². The van der Waals surface area contributed by atoms with Crippen molar-refractivity contribution in [2.75, 3.05) is 13.4 Å². The fourth-order valence-electron chi connectivity index (χ4n) is 1.23. The van der Waals surface area contributed by atoms with E-state index in [0.29, 0.717) is 12.5 Å². The van der Waals surface area contributed by atoms with Gasteiger partial charge < -0.3 is 9.84 Å². The zero-order valence-electron chi connectivity index (χ0n) is 6.12. The van der Waals surface area contributed by atoms with E-state index in [9.17, 15) is 0 Å². The molecule has 0 saturated heterocycles. The van der Waals surface area contributed by atoms with Crippen molar-refractivity contribution in [3.63, 3.8) is 0 Å². The van der Waals surface area contributed by atoms with Gasteiger partial charge in [-0.2, -0.15) is 0 Å². The Bertz CT molecular complexity index is 110. The van der Waals surface area contributed by atoms with Crippen LogP contribution in [0.25, 0.3) is 0 Å². The minimum absolute atomic E-state index is 0.139. The first kappa shape index (κ1) is 7.76. The van der Waals surface area contributed by atoms with Crippen LogP contribution in [-0.4, -0.2) is 18.5 Å². The Morgan fingerprint density at radius 1 is 1.50 bits per heavy atom. The van der Waals surface area contributed by atoms with Crippen LogP contribution in [-0.2, 0) is 4.74 Å². The summed E-state index contributed by atoms with van der Waals surface area (Å²) in [4.78, 5) is 0. The molecule has 0 aromatic rings. The van der Waals surface area contributed by atoms with Crippen molar-refractivity contribution in [3.05, 3.63) is 12.2 Å². The maximum absolute atomic E-state index is 8.36. The first-order valence-electron chi connectivity index (χ1n) is 3.77. The van der Waals surface area contributed by atoms with Gasteiger partial charge in [-0.05, 0) is 25.2 Å². The Morgan fingerprint density at radius 2 is 2.40 bits per heavy atom. The first-order chi connectivity index (χ1) is 4.93. The van der Waals surface area contributed by atoms with Gasteiger partial charge in [0.15, 0.2) is 0 Å². The molecule has 0 spiro atoms. The van der Waals surface area contributed by atoms with Crippen molar-refractivity contribution in [1.82, 2.24) is 0 Å². The van der Waals surface area contributed by atoms with E-state index in [0.717, 1.165) is 6.42 Å². The van der Waals surface area contributed by atoms with Gasteiger partial charge in [-0.1, -0.05) is 12.2 Å². The standard InChI is InChI=1S/C8H14O2/c9-7-10-6-8-4-2-1-3-5-8/h1-2,8-9H,3-7H2. The molecule has 2 nitrogen and oxygen atoms in total. The van der Waals surface area contributed by atoms with Crippen molar-refractivity contribution in [2.45, 2.75) is 19.3 Å². The zero-order valence-corrected chi connectivity index (χ0v) is 6.12. The average Bonchev–Trinajstić information content (AvgIpc) is 2.03. The lowest BCUT2D eigenvalue weighted by atomic mass is 9.95. The summed E-state index contributed by atoms with van der Waals surface area (Å²) in [6.07, 6.45) is 7.88. The predicted octanol–water partition coefficient (Wildman–Crippen LogP) is 1.31. The highest BCUT2D eigenvalue weighted by molar-refractivity contribution is 4.89. The summed E-state index contributed by atoms with van der Waals surface area (Å²) < 4.78 is 4.89. The molecule has 1 unspecified atom stereocenters. The number of aliphatic hydroxyl groups excluding tert-OH is 1.